The molecular weight excluding hydrogens is 389 g/mol. The Hall–Kier alpha value is -2.74. The standard InChI is InChI=1S/C21H24FN5OS/c1-14(2)11-16-7-9-17(10-8-16)15(3)23-20(28)13-29-21-24-25-26-27(21)19-6-4-5-18(22)12-19/h4-10,12,14-15H,11,13H2,1-3H3,(H,23,28)/t15-/m1/s1. The van der Waals surface area contributed by atoms with Gasteiger partial charge in [-0.2, -0.15) is 4.68 Å². The average molecular weight is 414 g/mol. The van der Waals surface area contributed by atoms with E-state index in [-0.39, 0.29) is 23.5 Å². The molecule has 2 aromatic carbocycles. The zero-order valence-electron chi connectivity index (χ0n) is 16.7. The van der Waals surface area contributed by atoms with Crippen molar-refractivity contribution in [2.75, 3.05) is 5.75 Å². The molecule has 0 aliphatic rings. The molecule has 3 rings (SSSR count). The number of aromatic nitrogens is 4. The predicted octanol–water partition coefficient (Wildman–Crippen LogP) is 3.97. The maximum Gasteiger partial charge on any atom is 0.230 e. The summed E-state index contributed by atoms with van der Waals surface area (Å²) in [6.07, 6.45) is 1.04. The lowest BCUT2D eigenvalue weighted by Crippen LogP contribution is -2.28. The summed E-state index contributed by atoms with van der Waals surface area (Å²) in [4.78, 5) is 12.4. The van der Waals surface area contributed by atoms with Crippen molar-refractivity contribution in [3.8, 4) is 5.69 Å². The molecule has 6 nitrogen and oxygen atoms in total. The molecule has 0 radical (unpaired) electrons. The third-order valence-electron chi connectivity index (χ3n) is 4.33. The normalized spacial score (nSPS) is 12.2. The van der Waals surface area contributed by atoms with Gasteiger partial charge < -0.3 is 5.32 Å². The van der Waals surface area contributed by atoms with Gasteiger partial charge in [-0.25, -0.2) is 4.39 Å². The molecule has 0 aliphatic heterocycles. The zero-order valence-corrected chi connectivity index (χ0v) is 17.5. The minimum Gasteiger partial charge on any atom is -0.349 e. The minimum absolute atomic E-state index is 0.101. The van der Waals surface area contributed by atoms with Crippen LogP contribution < -0.4 is 5.32 Å². The van der Waals surface area contributed by atoms with Crippen molar-refractivity contribution < 1.29 is 9.18 Å². The van der Waals surface area contributed by atoms with Crippen LogP contribution >= 0.6 is 11.8 Å². The monoisotopic (exact) mass is 413 g/mol. The molecule has 152 valence electrons. The number of rotatable bonds is 8. The lowest BCUT2D eigenvalue weighted by molar-refractivity contribution is -0.119. The highest BCUT2D eigenvalue weighted by molar-refractivity contribution is 7.99. The fourth-order valence-electron chi connectivity index (χ4n) is 2.95. The fraction of sp³-hybridized carbons (Fsp3) is 0.333. The van der Waals surface area contributed by atoms with E-state index in [1.165, 1.54) is 34.1 Å². The Balaban J connectivity index is 1.56. The highest BCUT2D eigenvalue weighted by atomic mass is 32.2. The second kappa shape index (κ2) is 9.65. The number of carbonyl (C=O) groups is 1. The van der Waals surface area contributed by atoms with E-state index in [0.717, 1.165) is 12.0 Å². The summed E-state index contributed by atoms with van der Waals surface area (Å²) in [5, 5.41) is 14.9. The highest BCUT2D eigenvalue weighted by Crippen LogP contribution is 2.20. The molecule has 1 heterocycles. The maximum atomic E-state index is 13.4. The lowest BCUT2D eigenvalue weighted by atomic mass is 10.00. The predicted molar refractivity (Wildman–Crippen MR) is 111 cm³/mol. The topological polar surface area (TPSA) is 72.7 Å². The lowest BCUT2D eigenvalue weighted by Gasteiger charge is -2.15. The number of tetrazole rings is 1. The van der Waals surface area contributed by atoms with Gasteiger partial charge >= 0.3 is 0 Å². The molecule has 0 saturated carbocycles. The Kier molecular flexibility index (Phi) is 6.98. The molecule has 1 atom stereocenters. The van der Waals surface area contributed by atoms with Crippen molar-refractivity contribution in [1.82, 2.24) is 25.5 Å². The Labute approximate surface area is 173 Å². The third kappa shape index (κ3) is 5.87. The van der Waals surface area contributed by atoms with Crippen LogP contribution in [0.25, 0.3) is 5.69 Å². The van der Waals surface area contributed by atoms with Gasteiger partial charge in [0.05, 0.1) is 17.5 Å². The summed E-state index contributed by atoms with van der Waals surface area (Å²) in [6, 6.07) is 14.2. The Bertz CT molecular complexity index is 958. The van der Waals surface area contributed by atoms with Crippen LogP contribution in [-0.4, -0.2) is 31.9 Å². The van der Waals surface area contributed by atoms with Gasteiger partial charge in [-0.05, 0) is 59.0 Å². The molecule has 0 fully saturated rings. The Morgan fingerprint density at radius 1 is 1.17 bits per heavy atom. The third-order valence-corrected chi connectivity index (χ3v) is 5.25. The summed E-state index contributed by atoms with van der Waals surface area (Å²) in [5.74, 6) is 0.271. The van der Waals surface area contributed by atoms with Gasteiger partial charge in [0.25, 0.3) is 0 Å². The molecular formula is C21H24FN5OS. The van der Waals surface area contributed by atoms with Crippen LogP contribution in [0.5, 0.6) is 0 Å². The van der Waals surface area contributed by atoms with Gasteiger partial charge in [0.15, 0.2) is 0 Å². The molecule has 1 aromatic heterocycles. The van der Waals surface area contributed by atoms with Crippen molar-refractivity contribution >= 4 is 17.7 Å². The van der Waals surface area contributed by atoms with Crippen LogP contribution in [0.15, 0.2) is 53.7 Å². The highest BCUT2D eigenvalue weighted by Gasteiger charge is 2.14. The number of hydrogen-bond donors (Lipinski definition) is 1. The van der Waals surface area contributed by atoms with Crippen LogP contribution in [0.4, 0.5) is 4.39 Å². The van der Waals surface area contributed by atoms with Gasteiger partial charge in [0, 0.05) is 0 Å². The first-order valence-corrected chi connectivity index (χ1v) is 10.5. The van der Waals surface area contributed by atoms with E-state index in [4.69, 9.17) is 0 Å². The van der Waals surface area contributed by atoms with Crippen LogP contribution in [0.3, 0.4) is 0 Å². The number of carbonyl (C=O) groups excluding carboxylic acids is 1. The molecule has 0 bridgehead atoms. The summed E-state index contributed by atoms with van der Waals surface area (Å²) in [6.45, 7) is 6.34. The van der Waals surface area contributed by atoms with Crippen LogP contribution in [0.1, 0.15) is 37.9 Å². The van der Waals surface area contributed by atoms with E-state index in [2.05, 4.69) is 59.0 Å². The fourth-order valence-corrected chi connectivity index (χ4v) is 3.65. The molecule has 29 heavy (non-hydrogen) atoms. The van der Waals surface area contributed by atoms with Gasteiger partial charge in [-0.1, -0.05) is 55.9 Å². The van der Waals surface area contributed by atoms with E-state index < -0.39 is 0 Å². The van der Waals surface area contributed by atoms with E-state index >= 15 is 0 Å². The Morgan fingerprint density at radius 2 is 1.93 bits per heavy atom. The molecule has 0 spiro atoms. The first kappa shape index (κ1) is 21.0. The van der Waals surface area contributed by atoms with E-state index in [1.54, 1.807) is 12.1 Å². The largest absolute Gasteiger partial charge is 0.349 e. The van der Waals surface area contributed by atoms with Gasteiger partial charge in [-0.15, -0.1) is 5.10 Å². The number of hydrogen-bond acceptors (Lipinski definition) is 5. The van der Waals surface area contributed by atoms with Crippen molar-refractivity contribution in [2.24, 2.45) is 5.92 Å². The van der Waals surface area contributed by atoms with E-state index in [1.807, 2.05) is 6.92 Å². The van der Waals surface area contributed by atoms with Crippen LogP contribution in [-0.2, 0) is 11.2 Å². The SMILES string of the molecule is CC(C)Cc1ccc([C@@H](C)NC(=O)CSc2nnnn2-c2cccc(F)c2)cc1. The van der Waals surface area contributed by atoms with Crippen molar-refractivity contribution in [3.05, 3.63) is 65.5 Å². The molecule has 1 N–H and O–H groups in total. The first-order chi connectivity index (χ1) is 13.9. The first-order valence-electron chi connectivity index (χ1n) is 9.47. The van der Waals surface area contributed by atoms with Crippen LogP contribution in [0.2, 0.25) is 0 Å². The quantitative estimate of drug-likeness (QED) is 0.566. The number of thioether (sulfide) groups is 1. The second-order valence-electron chi connectivity index (χ2n) is 7.27. The maximum absolute atomic E-state index is 13.4. The van der Waals surface area contributed by atoms with Crippen molar-refractivity contribution in [1.29, 1.82) is 0 Å². The number of nitrogens with zero attached hydrogens (tertiary/aromatic N) is 4. The minimum atomic E-state index is -0.375. The van der Waals surface area contributed by atoms with Gasteiger partial charge in [0.1, 0.15) is 5.82 Å². The van der Waals surface area contributed by atoms with Crippen molar-refractivity contribution in [2.45, 2.75) is 38.4 Å². The number of amides is 1. The van der Waals surface area contributed by atoms with Crippen molar-refractivity contribution in [3.63, 3.8) is 0 Å². The summed E-state index contributed by atoms with van der Waals surface area (Å²) >= 11 is 1.20. The van der Waals surface area contributed by atoms with Gasteiger partial charge in [-0.3, -0.25) is 4.79 Å². The second-order valence-corrected chi connectivity index (χ2v) is 8.21. The number of halogens is 1. The number of nitrogens with one attached hydrogen (secondary N) is 1. The van der Waals surface area contributed by atoms with E-state index in [9.17, 15) is 9.18 Å². The summed E-state index contributed by atoms with van der Waals surface area (Å²) in [5.41, 5.74) is 2.86. The number of benzene rings is 2. The zero-order chi connectivity index (χ0) is 20.8. The van der Waals surface area contributed by atoms with Crippen LogP contribution in [0, 0.1) is 11.7 Å². The average Bonchev–Trinajstić information content (AvgIpc) is 3.15. The molecule has 8 heteroatoms. The molecule has 1 amide bonds. The summed E-state index contributed by atoms with van der Waals surface area (Å²) < 4.78 is 14.9. The summed E-state index contributed by atoms with van der Waals surface area (Å²) in [7, 11) is 0. The Morgan fingerprint density at radius 3 is 2.62 bits per heavy atom. The molecule has 0 aliphatic carbocycles. The van der Waals surface area contributed by atoms with E-state index in [0.29, 0.717) is 16.8 Å². The van der Waals surface area contributed by atoms with Gasteiger partial charge in [0.2, 0.25) is 11.1 Å². The molecule has 0 saturated heterocycles. The smallest absolute Gasteiger partial charge is 0.230 e. The molecule has 0 unspecified atom stereocenters. The molecule has 3 aromatic rings.